The summed E-state index contributed by atoms with van der Waals surface area (Å²) in [5.74, 6) is -3.66. The number of amides is 2. The van der Waals surface area contributed by atoms with Crippen LogP contribution in [0, 0.1) is 0 Å². The minimum atomic E-state index is -5.01. The Kier molecular flexibility index (Phi) is 6.90. The lowest BCUT2D eigenvalue weighted by Gasteiger charge is -2.43. The summed E-state index contributed by atoms with van der Waals surface area (Å²) in [6.45, 7) is -0.393. The van der Waals surface area contributed by atoms with Crippen LogP contribution in [0.5, 0.6) is 0 Å². The minimum absolute atomic E-state index is 0.0253. The Labute approximate surface area is 217 Å². The van der Waals surface area contributed by atoms with Gasteiger partial charge < -0.3 is 32.5 Å². The predicted molar refractivity (Wildman–Crippen MR) is 127 cm³/mol. The molecule has 2 atom stereocenters. The number of β-lactam (4-membered cyclic amide) rings is 1. The topological polar surface area (TPSA) is 297 Å². The van der Waals surface area contributed by atoms with Crippen molar-refractivity contribution in [1.82, 2.24) is 29.6 Å². The van der Waals surface area contributed by atoms with Crippen LogP contribution in [0.25, 0.3) is 0 Å². The maximum Gasteiger partial charge on any atom is 0.362 e. The Hall–Kier alpha value is -4.37. The van der Waals surface area contributed by atoms with E-state index >= 15 is 0 Å². The smallest absolute Gasteiger partial charge is 0.362 e. The number of nitrogens with one attached hydrogen (secondary N) is 1. The van der Waals surface area contributed by atoms with E-state index in [1.165, 1.54) is 11.6 Å². The number of hydrogen-bond acceptors (Lipinski definition) is 13. The van der Waals surface area contributed by atoms with Crippen LogP contribution >= 0.6 is 11.3 Å². The number of aliphatic imine (C=N–C) groups is 1. The molecule has 2 aromatic heterocycles. The molecule has 1 saturated carbocycles. The molecule has 1 saturated heterocycles. The first-order chi connectivity index (χ1) is 17.8. The number of nitrogens with two attached hydrogens (primary N) is 3. The Balaban J connectivity index is 1.56. The predicted octanol–water partition coefficient (Wildman–Crippen LogP) is -3.37. The lowest BCUT2D eigenvalue weighted by atomic mass is 9.98. The number of thiazole rings is 1. The van der Waals surface area contributed by atoms with Crippen LogP contribution in [0.15, 0.2) is 21.7 Å². The zero-order valence-electron chi connectivity index (χ0n) is 19.2. The molecule has 2 unspecified atom stereocenters. The highest BCUT2D eigenvalue weighted by molar-refractivity contribution is 7.84. The summed E-state index contributed by atoms with van der Waals surface area (Å²) >= 11 is 0.960. The largest absolute Gasteiger partial charge is 0.478 e. The lowest BCUT2D eigenvalue weighted by Crippen LogP contribution is -2.73. The van der Waals surface area contributed by atoms with E-state index in [2.05, 4.69) is 30.6 Å². The zero-order chi connectivity index (χ0) is 27.8. The Morgan fingerprint density at radius 3 is 2.61 bits per heavy atom. The zero-order valence-corrected chi connectivity index (χ0v) is 20.8. The summed E-state index contributed by atoms with van der Waals surface area (Å²) in [5.41, 5.74) is 14.3. The molecule has 0 radical (unpaired) electrons. The molecule has 0 aromatic carbocycles. The Bertz CT molecular complexity index is 1440. The molecule has 0 bridgehead atoms. The number of carbonyl (C=O) groups is 3. The van der Waals surface area contributed by atoms with Crippen molar-refractivity contribution in [2.45, 2.75) is 43.6 Å². The van der Waals surface area contributed by atoms with Crippen molar-refractivity contribution in [3.8, 4) is 0 Å². The van der Waals surface area contributed by atoms with Crippen molar-refractivity contribution in [2.75, 3.05) is 5.73 Å². The van der Waals surface area contributed by atoms with Gasteiger partial charge in [0.25, 0.3) is 11.8 Å². The molecule has 2 aliphatic rings. The fraction of sp³-hybridized carbons (Fsp3) is 0.412. The molecule has 0 spiro atoms. The number of carboxylic acid groups (broad SMARTS) is 1. The number of rotatable bonds is 11. The normalized spacial score (nSPS) is 20.4. The second kappa shape index (κ2) is 9.83. The van der Waals surface area contributed by atoms with Crippen LogP contribution in [0.4, 0.5) is 5.13 Å². The van der Waals surface area contributed by atoms with Crippen molar-refractivity contribution < 1.29 is 37.3 Å². The molecule has 4 rings (SSSR count). The number of carbonyl (C=O) groups excluding carboxylic acids is 2. The quantitative estimate of drug-likeness (QED) is 0.0504. The van der Waals surface area contributed by atoms with Gasteiger partial charge in [0.15, 0.2) is 16.8 Å². The van der Waals surface area contributed by atoms with Gasteiger partial charge in [-0.1, -0.05) is 5.16 Å². The molecular formula is C17H21N11O8S2. The number of oxime groups is 1. The summed E-state index contributed by atoms with van der Waals surface area (Å²) in [6.07, 6.45) is 1.62. The average Bonchev–Trinajstić information content (AvgIpc) is 3.29. The second-order valence-corrected chi connectivity index (χ2v) is 10.3. The SMILES string of the molecule is NC(N)=NCc1cnn(CC2C(NC(=O)C(=NOC3(C(=O)O)CC3)c3csc(N)n3)C(=O)N2S(=O)(=O)O)n1. The summed E-state index contributed by atoms with van der Waals surface area (Å²) in [5, 5.41) is 24.7. The number of guanidine groups is 1. The van der Waals surface area contributed by atoms with E-state index in [-0.39, 0.29) is 47.0 Å². The highest BCUT2D eigenvalue weighted by Gasteiger charge is 2.56. The third-order valence-electron chi connectivity index (χ3n) is 5.45. The summed E-state index contributed by atoms with van der Waals surface area (Å²) < 4.78 is 33.3. The first-order valence-electron chi connectivity index (χ1n) is 10.6. The third kappa shape index (κ3) is 5.47. The van der Waals surface area contributed by atoms with Gasteiger partial charge in [0.05, 0.1) is 19.3 Å². The van der Waals surface area contributed by atoms with Crippen LogP contribution in [0.1, 0.15) is 24.2 Å². The Morgan fingerprint density at radius 2 is 2.05 bits per heavy atom. The molecule has 2 amide bonds. The van der Waals surface area contributed by atoms with E-state index in [1.807, 2.05) is 0 Å². The molecule has 2 fully saturated rings. The van der Waals surface area contributed by atoms with Crippen LogP contribution < -0.4 is 22.5 Å². The Morgan fingerprint density at radius 1 is 1.34 bits per heavy atom. The van der Waals surface area contributed by atoms with Crippen LogP contribution in [0.2, 0.25) is 0 Å². The molecule has 3 heterocycles. The first-order valence-corrected chi connectivity index (χ1v) is 12.9. The standard InChI is InChI=1S/C17H21N11O8S2/c18-15(19)21-3-7-4-22-27(25-7)5-9-11(13(30)28(9)38(33,34)35)24-12(29)10(8-6-37-16(20)23-8)26-36-17(1-2-17)14(31)32/h4,6,9,11H,1-3,5H2,(H2,20,23)(H,24,29)(H,31,32)(H4,18,19,21)(H,33,34,35). The monoisotopic (exact) mass is 571 g/mol. The third-order valence-corrected chi connectivity index (χ3v) is 7.07. The van der Waals surface area contributed by atoms with Gasteiger partial charge in [-0.05, 0) is 0 Å². The van der Waals surface area contributed by atoms with Gasteiger partial charge in [0.1, 0.15) is 23.5 Å². The fourth-order valence-electron chi connectivity index (χ4n) is 3.38. The molecule has 9 N–H and O–H groups in total. The van der Waals surface area contributed by atoms with Gasteiger partial charge in [-0.3, -0.25) is 14.1 Å². The molecule has 1 aliphatic heterocycles. The van der Waals surface area contributed by atoms with E-state index in [1.54, 1.807) is 0 Å². The molecule has 38 heavy (non-hydrogen) atoms. The van der Waals surface area contributed by atoms with Gasteiger partial charge in [0.2, 0.25) is 5.60 Å². The van der Waals surface area contributed by atoms with Crippen molar-refractivity contribution in [3.05, 3.63) is 23.0 Å². The van der Waals surface area contributed by atoms with Crippen LogP contribution in [0.3, 0.4) is 0 Å². The number of aliphatic carboxylic acids is 1. The van der Waals surface area contributed by atoms with E-state index in [0.717, 1.165) is 16.1 Å². The molecule has 2 aromatic rings. The number of anilines is 1. The average molecular weight is 572 g/mol. The van der Waals surface area contributed by atoms with Crippen molar-refractivity contribution in [3.63, 3.8) is 0 Å². The van der Waals surface area contributed by atoms with Gasteiger partial charge in [-0.15, -0.1) is 11.3 Å². The van der Waals surface area contributed by atoms with E-state index in [0.29, 0.717) is 5.69 Å². The maximum absolute atomic E-state index is 13.1. The van der Waals surface area contributed by atoms with Crippen LogP contribution in [-0.2, 0) is 42.6 Å². The summed E-state index contributed by atoms with van der Waals surface area (Å²) in [6, 6.07) is -2.83. The second-order valence-electron chi connectivity index (χ2n) is 8.16. The minimum Gasteiger partial charge on any atom is -0.478 e. The number of aromatic nitrogens is 4. The van der Waals surface area contributed by atoms with E-state index < -0.39 is 51.5 Å². The van der Waals surface area contributed by atoms with Gasteiger partial charge in [-0.2, -0.15) is 23.4 Å². The highest BCUT2D eigenvalue weighted by atomic mass is 32.2. The van der Waals surface area contributed by atoms with E-state index in [9.17, 15) is 32.5 Å². The molecule has 19 nitrogen and oxygen atoms in total. The van der Waals surface area contributed by atoms with Gasteiger partial charge >= 0.3 is 16.3 Å². The molecule has 204 valence electrons. The summed E-state index contributed by atoms with van der Waals surface area (Å²) in [4.78, 5) is 51.0. The number of hydrogen-bond donors (Lipinski definition) is 6. The maximum atomic E-state index is 13.1. The number of carboxylic acids is 1. The molecule has 1 aliphatic carbocycles. The van der Waals surface area contributed by atoms with Gasteiger partial charge in [-0.25, -0.2) is 19.1 Å². The summed E-state index contributed by atoms with van der Waals surface area (Å²) in [7, 11) is -5.01. The lowest BCUT2D eigenvalue weighted by molar-refractivity contribution is -0.153. The van der Waals surface area contributed by atoms with Crippen molar-refractivity contribution in [1.29, 1.82) is 0 Å². The number of nitrogen functional groups attached to an aromatic ring is 1. The first kappa shape index (κ1) is 26.7. The van der Waals surface area contributed by atoms with Crippen molar-refractivity contribution >= 4 is 56.2 Å². The highest BCUT2D eigenvalue weighted by Crippen LogP contribution is 2.40. The van der Waals surface area contributed by atoms with E-state index in [4.69, 9.17) is 22.0 Å². The molecule has 21 heteroatoms. The van der Waals surface area contributed by atoms with Crippen LogP contribution in [-0.4, -0.2) is 89.5 Å². The van der Waals surface area contributed by atoms with Crippen molar-refractivity contribution in [2.24, 2.45) is 21.6 Å². The van der Waals surface area contributed by atoms with Gasteiger partial charge in [0, 0.05) is 18.2 Å². The number of nitrogens with zero attached hydrogens (tertiary/aromatic N) is 7. The fourth-order valence-corrected chi connectivity index (χ4v) is 4.79. The molecular weight excluding hydrogens is 550 g/mol.